The highest BCUT2D eigenvalue weighted by Crippen LogP contribution is 2.42. The molecule has 0 radical (unpaired) electrons. The topological polar surface area (TPSA) is 70.1 Å². The molecule has 3 rings (SSSR count). The largest absolute Gasteiger partial charge is 0.507 e. The van der Waals surface area contributed by atoms with E-state index in [1.54, 1.807) is 31.2 Å². The van der Waals surface area contributed by atoms with Crippen LogP contribution in [0.1, 0.15) is 29.2 Å². The summed E-state index contributed by atoms with van der Waals surface area (Å²) in [5.74, 6) is -1.67. The van der Waals surface area contributed by atoms with Crippen molar-refractivity contribution in [1.82, 2.24) is 9.80 Å². The monoisotopic (exact) mass is 426 g/mol. The molecule has 0 aromatic heterocycles. The normalized spacial score (nSPS) is 18.1. The molecule has 1 aliphatic heterocycles. The van der Waals surface area contributed by atoms with E-state index in [0.29, 0.717) is 29.8 Å². The Hall–Kier alpha value is -3.19. The third-order valence-electron chi connectivity index (χ3n) is 5.41. The summed E-state index contributed by atoms with van der Waals surface area (Å²) in [7, 11) is 5.38. The summed E-state index contributed by atoms with van der Waals surface area (Å²) in [6.45, 7) is 2.65. The van der Waals surface area contributed by atoms with Crippen molar-refractivity contribution in [3.63, 3.8) is 0 Å². The van der Waals surface area contributed by atoms with Crippen LogP contribution in [0, 0.1) is 12.7 Å². The summed E-state index contributed by atoms with van der Waals surface area (Å²) < 4.78 is 19.2. The standard InChI is InChI=1S/C24H27FN2O4/c1-15-14-16(10-11-18(15)25)22(28)20-21(17-8-5-6-9-19(17)31-4)27(24(30)23(20)29)13-7-12-26(2)3/h5-6,8-11,14,21,28H,7,12-13H2,1-4H3/b22-20+. The van der Waals surface area contributed by atoms with Crippen LogP contribution in [0.4, 0.5) is 4.39 Å². The lowest BCUT2D eigenvalue weighted by atomic mass is 9.94. The lowest BCUT2D eigenvalue weighted by Crippen LogP contribution is -2.32. The number of methoxy groups -OCH3 is 1. The summed E-state index contributed by atoms with van der Waals surface area (Å²) >= 11 is 0. The van der Waals surface area contributed by atoms with Crippen LogP contribution in [0.3, 0.4) is 0 Å². The number of aryl methyl sites for hydroxylation is 1. The number of ketones is 1. The van der Waals surface area contributed by atoms with Crippen molar-refractivity contribution in [2.75, 3.05) is 34.3 Å². The molecule has 7 heteroatoms. The second kappa shape index (κ2) is 9.31. The summed E-state index contributed by atoms with van der Waals surface area (Å²) in [5.41, 5.74) is 1.20. The molecule has 1 aliphatic rings. The van der Waals surface area contributed by atoms with E-state index in [-0.39, 0.29) is 16.9 Å². The molecule has 1 amide bonds. The quantitative estimate of drug-likeness (QED) is 0.417. The highest BCUT2D eigenvalue weighted by Gasteiger charge is 2.46. The number of aliphatic hydroxyl groups is 1. The number of benzene rings is 2. The molecule has 1 heterocycles. The molecule has 31 heavy (non-hydrogen) atoms. The third kappa shape index (κ3) is 4.46. The van der Waals surface area contributed by atoms with E-state index in [1.807, 2.05) is 19.0 Å². The molecule has 0 saturated carbocycles. The number of hydrogen-bond acceptors (Lipinski definition) is 5. The second-order valence-corrected chi connectivity index (χ2v) is 7.86. The molecule has 0 spiro atoms. The Kier molecular flexibility index (Phi) is 6.75. The first kappa shape index (κ1) is 22.5. The van der Waals surface area contributed by atoms with Crippen molar-refractivity contribution < 1.29 is 23.8 Å². The average Bonchev–Trinajstić information content (AvgIpc) is 2.99. The van der Waals surface area contributed by atoms with Crippen LogP contribution in [0.5, 0.6) is 5.75 Å². The number of carbonyl (C=O) groups is 2. The Morgan fingerprint density at radius 3 is 2.55 bits per heavy atom. The van der Waals surface area contributed by atoms with Crippen LogP contribution < -0.4 is 4.74 Å². The van der Waals surface area contributed by atoms with Crippen molar-refractivity contribution >= 4 is 17.4 Å². The molecule has 1 N–H and O–H groups in total. The summed E-state index contributed by atoms with van der Waals surface area (Å²) in [4.78, 5) is 29.5. The van der Waals surface area contributed by atoms with Gasteiger partial charge in [0, 0.05) is 17.7 Å². The molecule has 1 fully saturated rings. The van der Waals surface area contributed by atoms with Gasteiger partial charge in [0.2, 0.25) is 0 Å². The number of ether oxygens (including phenoxy) is 1. The fourth-order valence-corrected chi connectivity index (χ4v) is 3.83. The number of halogens is 1. The molecule has 2 aromatic carbocycles. The SMILES string of the molecule is COc1ccccc1C1/C(=C(\O)c2ccc(F)c(C)c2)C(=O)C(=O)N1CCCN(C)C. The Labute approximate surface area is 181 Å². The van der Waals surface area contributed by atoms with E-state index in [1.165, 1.54) is 30.2 Å². The van der Waals surface area contributed by atoms with Crippen molar-refractivity contribution in [2.45, 2.75) is 19.4 Å². The molecule has 1 saturated heterocycles. The second-order valence-electron chi connectivity index (χ2n) is 7.86. The molecule has 164 valence electrons. The average molecular weight is 426 g/mol. The number of carbonyl (C=O) groups excluding carboxylic acids is 2. The van der Waals surface area contributed by atoms with Crippen LogP contribution in [0.2, 0.25) is 0 Å². The first-order valence-electron chi connectivity index (χ1n) is 10.1. The van der Waals surface area contributed by atoms with Crippen LogP contribution in [-0.4, -0.2) is 60.9 Å². The lowest BCUT2D eigenvalue weighted by molar-refractivity contribution is -0.140. The third-order valence-corrected chi connectivity index (χ3v) is 5.41. The van der Waals surface area contributed by atoms with E-state index < -0.39 is 23.5 Å². The van der Waals surface area contributed by atoms with Gasteiger partial charge >= 0.3 is 0 Å². The van der Waals surface area contributed by atoms with E-state index in [9.17, 15) is 19.1 Å². The van der Waals surface area contributed by atoms with Gasteiger partial charge in [0.15, 0.2) is 0 Å². The molecular formula is C24H27FN2O4. The maximum absolute atomic E-state index is 13.7. The number of rotatable bonds is 7. The van der Waals surface area contributed by atoms with Crippen molar-refractivity contribution in [2.24, 2.45) is 0 Å². The summed E-state index contributed by atoms with van der Waals surface area (Å²) in [6.07, 6.45) is 0.654. The number of likely N-dealkylation sites (tertiary alicyclic amines) is 1. The Morgan fingerprint density at radius 1 is 1.19 bits per heavy atom. The maximum Gasteiger partial charge on any atom is 0.295 e. The van der Waals surface area contributed by atoms with Crippen molar-refractivity contribution in [3.05, 3.63) is 70.5 Å². The number of nitrogens with zero attached hydrogens (tertiary/aromatic N) is 2. The zero-order chi connectivity index (χ0) is 22.7. The Bertz CT molecular complexity index is 1030. The van der Waals surface area contributed by atoms with Gasteiger partial charge in [-0.1, -0.05) is 18.2 Å². The van der Waals surface area contributed by atoms with Crippen LogP contribution in [0.15, 0.2) is 48.0 Å². The molecule has 0 aliphatic carbocycles. The molecule has 1 unspecified atom stereocenters. The zero-order valence-electron chi connectivity index (χ0n) is 18.2. The van der Waals surface area contributed by atoms with Crippen molar-refractivity contribution in [3.8, 4) is 5.75 Å². The molecule has 6 nitrogen and oxygen atoms in total. The minimum Gasteiger partial charge on any atom is -0.507 e. The van der Waals surface area contributed by atoms with Crippen molar-refractivity contribution in [1.29, 1.82) is 0 Å². The lowest BCUT2D eigenvalue weighted by Gasteiger charge is -2.27. The van der Waals surface area contributed by atoms with E-state index in [2.05, 4.69) is 0 Å². The minimum absolute atomic E-state index is 0.0228. The highest BCUT2D eigenvalue weighted by molar-refractivity contribution is 6.46. The molecular weight excluding hydrogens is 399 g/mol. The number of amides is 1. The maximum atomic E-state index is 13.7. The summed E-state index contributed by atoms with van der Waals surface area (Å²) in [6, 6.07) is 10.4. The van der Waals surface area contributed by atoms with Crippen LogP contribution >= 0.6 is 0 Å². The number of hydrogen-bond donors (Lipinski definition) is 1. The fourth-order valence-electron chi connectivity index (χ4n) is 3.83. The fraction of sp³-hybridized carbons (Fsp3) is 0.333. The Balaban J connectivity index is 2.16. The predicted octanol–water partition coefficient (Wildman–Crippen LogP) is 3.52. The van der Waals surface area contributed by atoms with E-state index in [4.69, 9.17) is 4.74 Å². The first-order valence-corrected chi connectivity index (χ1v) is 10.1. The van der Waals surface area contributed by atoms with Gasteiger partial charge in [-0.15, -0.1) is 0 Å². The molecule has 0 bridgehead atoms. The van der Waals surface area contributed by atoms with Crippen LogP contribution in [-0.2, 0) is 9.59 Å². The number of para-hydroxylation sites is 1. The molecule has 2 aromatic rings. The molecule has 1 atom stereocenters. The van der Waals surface area contributed by atoms with Gasteiger partial charge in [0.05, 0.1) is 18.7 Å². The number of Topliss-reactive ketones (excluding diaryl/α,β-unsaturated/α-hetero) is 1. The predicted molar refractivity (Wildman–Crippen MR) is 116 cm³/mol. The van der Waals surface area contributed by atoms with Gasteiger partial charge in [0.1, 0.15) is 17.3 Å². The van der Waals surface area contributed by atoms with Gasteiger partial charge in [-0.05, 0) is 63.8 Å². The minimum atomic E-state index is -0.802. The summed E-state index contributed by atoms with van der Waals surface area (Å²) in [5, 5.41) is 11.1. The highest BCUT2D eigenvalue weighted by atomic mass is 19.1. The zero-order valence-corrected chi connectivity index (χ0v) is 18.2. The van der Waals surface area contributed by atoms with E-state index in [0.717, 1.165) is 6.54 Å². The van der Waals surface area contributed by atoms with Gasteiger partial charge in [-0.25, -0.2) is 4.39 Å². The van der Waals surface area contributed by atoms with E-state index >= 15 is 0 Å². The van der Waals surface area contributed by atoms with Gasteiger partial charge in [0.25, 0.3) is 11.7 Å². The van der Waals surface area contributed by atoms with Gasteiger partial charge in [-0.3, -0.25) is 9.59 Å². The van der Waals surface area contributed by atoms with Gasteiger partial charge < -0.3 is 19.6 Å². The number of aliphatic hydroxyl groups excluding tert-OH is 1. The van der Waals surface area contributed by atoms with Gasteiger partial charge in [-0.2, -0.15) is 0 Å². The first-order chi connectivity index (χ1) is 14.8. The van der Waals surface area contributed by atoms with Crippen LogP contribution in [0.25, 0.3) is 5.76 Å². The smallest absolute Gasteiger partial charge is 0.295 e. The Morgan fingerprint density at radius 2 is 1.90 bits per heavy atom.